The summed E-state index contributed by atoms with van der Waals surface area (Å²) in [6, 6.07) is 13.2. The number of fused-ring (bicyclic) bond motifs is 1. The van der Waals surface area contributed by atoms with Crippen LogP contribution in [-0.4, -0.2) is 17.9 Å². The Hall–Kier alpha value is -3.08. The first kappa shape index (κ1) is 16.8. The molecule has 0 aromatic heterocycles. The predicted octanol–water partition coefficient (Wildman–Crippen LogP) is 3.62. The van der Waals surface area contributed by atoms with Gasteiger partial charge in [0.05, 0.1) is 5.69 Å². The van der Waals surface area contributed by atoms with Crippen molar-refractivity contribution in [3.05, 3.63) is 59.7 Å². The molecule has 0 spiro atoms. The fraction of sp³-hybridized carbons (Fsp3) is 0.200. The molecule has 0 fully saturated rings. The lowest BCUT2D eigenvalue weighted by atomic mass is 10.1. The van der Waals surface area contributed by atoms with Crippen LogP contribution >= 0.6 is 0 Å². The molecule has 2 aromatic carbocycles. The number of carbonyl (C=O) groups excluding carboxylic acids is 2. The van der Waals surface area contributed by atoms with Crippen molar-refractivity contribution >= 4 is 29.3 Å². The zero-order valence-corrected chi connectivity index (χ0v) is 14.2. The molecule has 5 heteroatoms. The van der Waals surface area contributed by atoms with E-state index in [4.69, 9.17) is 4.74 Å². The number of hydrogen-bond donors (Lipinski definition) is 2. The second kappa shape index (κ2) is 7.21. The zero-order valence-electron chi connectivity index (χ0n) is 14.2. The van der Waals surface area contributed by atoms with Crippen LogP contribution in [-0.2, 0) is 16.0 Å². The third-order valence-electron chi connectivity index (χ3n) is 3.99. The van der Waals surface area contributed by atoms with Crippen LogP contribution < -0.4 is 15.4 Å². The molecule has 1 heterocycles. The van der Waals surface area contributed by atoms with E-state index < -0.39 is 6.10 Å². The van der Waals surface area contributed by atoms with Crippen LogP contribution in [0.25, 0.3) is 6.08 Å². The van der Waals surface area contributed by atoms with E-state index in [2.05, 4.69) is 17.6 Å². The number of anilines is 2. The van der Waals surface area contributed by atoms with E-state index in [1.54, 1.807) is 31.2 Å². The number of hydrogen-bond acceptors (Lipinski definition) is 3. The molecule has 0 saturated heterocycles. The maximum Gasteiger partial charge on any atom is 0.265 e. The van der Waals surface area contributed by atoms with Gasteiger partial charge in [0.1, 0.15) is 5.75 Å². The summed E-state index contributed by atoms with van der Waals surface area (Å²) < 4.78 is 5.49. The predicted molar refractivity (Wildman–Crippen MR) is 98.6 cm³/mol. The van der Waals surface area contributed by atoms with Gasteiger partial charge in [-0.05, 0) is 48.7 Å². The summed E-state index contributed by atoms with van der Waals surface area (Å²) in [7, 11) is 0. The maximum atomic E-state index is 12.1. The van der Waals surface area contributed by atoms with Gasteiger partial charge in [-0.1, -0.05) is 31.2 Å². The number of amides is 2. The van der Waals surface area contributed by atoms with Gasteiger partial charge < -0.3 is 15.4 Å². The topological polar surface area (TPSA) is 67.4 Å². The van der Waals surface area contributed by atoms with Gasteiger partial charge >= 0.3 is 0 Å². The molecule has 2 N–H and O–H groups in total. The number of ether oxygens (including phenoxy) is 1. The Balaban J connectivity index is 1.65. The van der Waals surface area contributed by atoms with Crippen molar-refractivity contribution in [2.45, 2.75) is 26.4 Å². The van der Waals surface area contributed by atoms with Crippen LogP contribution in [0.2, 0.25) is 0 Å². The van der Waals surface area contributed by atoms with Gasteiger partial charge in [0.2, 0.25) is 5.91 Å². The minimum atomic E-state index is -0.519. The summed E-state index contributed by atoms with van der Waals surface area (Å²) in [5.74, 6) is 0.152. The molecule has 0 aliphatic carbocycles. The normalized spacial score (nSPS) is 16.1. The van der Waals surface area contributed by atoms with Crippen LogP contribution in [0.3, 0.4) is 0 Å². The summed E-state index contributed by atoms with van der Waals surface area (Å²) in [6.45, 7) is 3.79. The molecule has 0 unspecified atom stereocenters. The van der Waals surface area contributed by atoms with Crippen LogP contribution in [0.15, 0.2) is 48.5 Å². The molecule has 3 rings (SSSR count). The Morgan fingerprint density at radius 1 is 1.24 bits per heavy atom. The maximum absolute atomic E-state index is 12.1. The smallest absolute Gasteiger partial charge is 0.265 e. The van der Waals surface area contributed by atoms with Gasteiger partial charge in [-0.15, -0.1) is 0 Å². The van der Waals surface area contributed by atoms with E-state index in [0.29, 0.717) is 17.1 Å². The van der Waals surface area contributed by atoms with E-state index >= 15 is 0 Å². The number of rotatable bonds is 4. The highest BCUT2D eigenvalue weighted by molar-refractivity contribution is 6.03. The first-order valence-corrected chi connectivity index (χ1v) is 8.24. The van der Waals surface area contributed by atoms with E-state index in [-0.39, 0.29) is 11.8 Å². The van der Waals surface area contributed by atoms with Crippen molar-refractivity contribution in [2.24, 2.45) is 0 Å². The van der Waals surface area contributed by atoms with Gasteiger partial charge in [-0.25, -0.2) is 0 Å². The summed E-state index contributed by atoms with van der Waals surface area (Å²) in [6.07, 6.45) is 3.72. The summed E-state index contributed by atoms with van der Waals surface area (Å²) in [4.78, 5) is 23.7. The molecular formula is C20H20N2O3. The third-order valence-corrected chi connectivity index (χ3v) is 3.99. The molecule has 0 bridgehead atoms. The Morgan fingerprint density at radius 3 is 2.72 bits per heavy atom. The average Bonchev–Trinajstić information content (AvgIpc) is 2.61. The molecule has 128 valence electrons. The third kappa shape index (κ3) is 4.07. The van der Waals surface area contributed by atoms with E-state index in [1.165, 1.54) is 11.6 Å². The van der Waals surface area contributed by atoms with Gasteiger partial charge in [-0.3, -0.25) is 9.59 Å². The molecule has 0 saturated carbocycles. The lowest BCUT2D eigenvalue weighted by Gasteiger charge is -2.23. The number of carbonyl (C=O) groups is 2. The van der Waals surface area contributed by atoms with Crippen LogP contribution in [0, 0.1) is 0 Å². The van der Waals surface area contributed by atoms with Gasteiger partial charge in [0, 0.05) is 11.8 Å². The molecule has 25 heavy (non-hydrogen) atoms. The quantitative estimate of drug-likeness (QED) is 0.838. The number of aryl methyl sites for hydroxylation is 1. The second-order valence-electron chi connectivity index (χ2n) is 5.88. The molecule has 1 aliphatic heterocycles. The van der Waals surface area contributed by atoms with Crippen molar-refractivity contribution in [3.8, 4) is 5.75 Å². The fourth-order valence-corrected chi connectivity index (χ4v) is 2.51. The Bertz CT molecular complexity index is 825. The Kier molecular flexibility index (Phi) is 4.84. The van der Waals surface area contributed by atoms with Crippen LogP contribution in [0.4, 0.5) is 11.4 Å². The largest absolute Gasteiger partial charge is 0.479 e. The van der Waals surface area contributed by atoms with Crippen molar-refractivity contribution in [3.63, 3.8) is 0 Å². The minimum Gasteiger partial charge on any atom is -0.479 e. The lowest BCUT2D eigenvalue weighted by molar-refractivity contribution is -0.122. The summed E-state index contributed by atoms with van der Waals surface area (Å²) in [5, 5.41) is 5.54. The van der Waals surface area contributed by atoms with Crippen molar-refractivity contribution < 1.29 is 14.3 Å². The van der Waals surface area contributed by atoms with Crippen molar-refractivity contribution in [2.75, 3.05) is 10.6 Å². The Morgan fingerprint density at radius 2 is 2.00 bits per heavy atom. The minimum absolute atomic E-state index is 0.202. The van der Waals surface area contributed by atoms with Crippen LogP contribution in [0.5, 0.6) is 5.75 Å². The van der Waals surface area contributed by atoms with Crippen molar-refractivity contribution in [1.82, 2.24) is 0 Å². The van der Waals surface area contributed by atoms with E-state index in [9.17, 15) is 9.59 Å². The number of benzene rings is 2. The van der Waals surface area contributed by atoms with E-state index in [1.807, 2.05) is 24.3 Å². The van der Waals surface area contributed by atoms with Gasteiger partial charge in [0.25, 0.3) is 5.91 Å². The lowest BCUT2D eigenvalue weighted by Crippen LogP contribution is -2.34. The van der Waals surface area contributed by atoms with Crippen LogP contribution in [0.1, 0.15) is 25.0 Å². The highest BCUT2D eigenvalue weighted by Gasteiger charge is 2.23. The summed E-state index contributed by atoms with van der Waals surface area (Å²) >= 11 is 0. The first-order valence-electron chi connectivity index (χ1n) is 8.24. The molecule has 2 amide bonds. The number of nitrogens with one attached hydrogen (secondary N) is 2. The molecule has 1 atom stereocenters. The average molecular weight is 336 g/mol. The second-order valence-corrected chi connectivity index (χ2v) is 5.88. The zero-order chi connectivity index (χ0) is 17.8. The standard InChI is InChI=1S/C20H20N2O3/c1-3-14-4-6-15(7-5-14)8-11-19(23)21-16-9-10-18-17(12-16)22-20(24)13(2)25-18/h4-13H,3H2,1-2H3,(H,21,23)(H,22,24)/b11-8+/t13-/m1/s1. The monoisotopic (exact) mass is 336 g/mol. The SMILES string of the molecule is CCc1ccc(/C=C/C(=O)Nc2ccc3c(c2)NC(=O)[C@@H](C)O3)cc1. The molecular weight excluding hydrogens is 316 g/mol. The molecule has 2 aromatic rings. The fourth-order valence-electron chi connectivity index (χ4n) is 2.51. The Labute approximate surface area is 146 Å². The molecule has 5 nitrogen and oxygen atoms in total. The van der Waals surface area contributed by atoms with Gasteiger partial charge in [0.15, 0.2) is 6.10 Å². The van der Waals surface area contributed by atoms with Gasteiger partial charge in [-0.2, -0.15) is 0 Å². The highest BCUT2D eigenvalue weighted by atomic mass is 16.5. The molecule has 0 radical (unpaired) electrons. The highest BCUT2D eigenvalue weighted by Crippen LogP contribution is 2.32. The van der Waals surface area contributed by atoms with E-state index in [0.717, 1.165) is 12.0 Å². The molecule has 1 aliphatic rings. The first-order chi connectivity index (χ1) is 12.0. The summed E-state index contributed by atoms with van der Waals surface area (Å²) in [5.41, 5.74) is 3.37. The van der Waals surface area contributed by atoms with Crippen molar-refractivity contribution in [1.29, 1.82) is 0 Å².